The third-order valence-corrected chi connectivity index (χ3v) is 2.89. The summed E-state index contributed by atoms with van der Waals surface area (Å²) in [4.78, 5) is 13.5. The van der Waals surface area contributed by atoms with Gasteiger partial charge < -0.3 is 10.1 Å². The molecule has 1 aliphatic heterocycles. The SMILES string of the molecule is CC(C)(C)NC(=O)O[C@@H]1CCCN(CCOC(F)(F)F)C1. The van der Waals surface area contributed by atoms with Crippen molar-refractivity contribution in [2.75, 3.05) is 26.2 Å². The Bertz CT molecular complexity index is 343. The van der Waals surface area contributed by atoms with Gasteiger partial charge in [-0.2, -0.15) is 0 Å². The molecule has 8 heteroatoms. The van der Waals surface area contributed by atoms with Gasteiger partial charge in [0.05, 0.1) is 6.61 Å². The van der Waals surface area contributed by atoms with E-state index < -0.39 is 19.1 Å². The molecule has 0 aromatic heterocycles. The van der Waals surface area contributed by atoms with E-state index in [4.69, 9.17) is 4.74 Å². The summed E-state index contributed by atoms with van der Waals surface area (Å²) in [5.74, 6) is 0. The molecular formula is C13H23F3N2O3. The largest absolute Gasteiger partial charge is 0.522 e. The van der Waals surface area contributed by atoms with Crippen molar-refractivity contribution in [1.29, 1.82) is 0 Å². The van der Waals surface area contributed by atoms with Gasteiger partial charge in [0.15, 0.2) is 0 Å². The molecule has 0 spiro atoms. The Morgan fingerprint density at radius 2 is 2.00 bits per heavy atom. The smallest absolute Gasteiger partial charge is 0.445 e. The maximum Gasteiger partial charge on any atom is 0.522 e. The summed E-state index contributed by atoms with van der Waals surface area (Å²) in [6.45, 7) is 6.40. The first-order chi connectivity index (χ1) is 9.55. The fourth-order valence-electron chi connectivity index (χ4n) is 2.09. The van der Waals surface area contributed by atoms with E-state index in [2.05, 4.69) is 10.1 Å². The molecule has 0 bridgehead atoms. The quantitative estimate of drug-likeness (QED) is 0.866. The number of rotatable bonds is 4. The van der Waals surface area contributed by atoms with E-state index in [1.807, 2.05) is 25.7 Å². The molecule has 1 amide bonds. The topological polar surface area (TPSA) is 50.8 Å². The number of hydrogen-bond acceptors (Lipinski definition) is 4. The molecule has 1 fully saturated rings. The van der Waals surface area contributed by atoms with E-state index in [0.29, 0.717) is 19.5 Å². The number of ether oxygens (including phenoxy) is 2. The second-order valence-corrected chi connectivity index (χ2v) is 6.14. The number of alkyl carbamates (subject to hydrolysis) is 1. The molecule has 0 aliphatic carbocycles. The minimum absolute atomic E-state index is 0.167. The number of piperidine rings is 1. The highest BCUT2D eigenvalue weighted by atomic mass is 19.4. The monoisotopic (exact) mass is 312 g/mol. The Morgan fingerprint density at radius 3 is 2.57 bits per heavy atom. The number of amides is 1. The summed E-state index contributed by atoms with van der Waals surface area (Å²) in [5.41, 5.74) is -0.383. The first-order valence-corrected chi connectivity index (χ1v) is 6.97. The molecule has 1 heterocycles. The number of carbonyl (C=O) groups excluding carboxylic acids is 1. The van der Waals surface area contributed by atoms with Crippen molar-refractivity contribution < 1.29 is 27.4 Å². The first kappa shape index (κ1) is 18.0. The average Bonchev–Trinajstić information content (AvgIpc) is 2.24. The Labute approximate surface area is 122 Å². The van der Waals surface area contributed by atoms with Crippen LogP contribution in [0, 0.1) is 0 Å². The number of alkyl halides is 3. The minimum Gasteiger partial charge on any atom is -0.445 e. The number of nitrogens with zero attached hydrogens (tertiary/aromatic N) is 1. The van der Waals surface area contributed by atoms with Crippen molar-refractivity contribution >= 4 is 6.09 Å². The summed E-state index contributed by atoms with van der Waals surface area (Å²) in [6, 6.07) is 0. The average molecular weight is 312 g/mol. The molecule has 1 atom stereocenters. The molecule has 1 saturated heterocycles. The lowest BCUT2D eigenvalue weighted by Gasteiger charge is -2.33. The van der Waals surface area contributed by atoms with Crippen LogP contribution in [0.15, 0.2) is 0 Å². The summed E-state index contributed by atoms with van der Waals surface area (Å²) in [6.07, 6.45) is -3.90. The molecule has 21 heavy (non-hydrogen) atoms. The normalized spacial score (nSPS) is 21.1. The Kier molecular flexibility index (Phi) is 6.27. The molecule has 0 unspecified atom stereocenters. The summed E-state index contributed by atoms with van der Waals surface area (Å²) in [7, 11) is 0. The van der Waals surface area contributed by atoms with Crippen molar-refractivity contribution in [3.05, 3.63) is 0 Å². The van der Waals surface area contributed by atoms with E-state index in [-0.39, 0.29) is 18.2 Å². The molecule has 0 aromatic carbocycles. The molecule has 1 rings (SSSR count). The van der Waals surface area contributed by atoms with Gasteiger partial charge in [-0.15, -0.1) is 13.2 Å². The van der Waals surface area contributed by atoms with Crippen molar-refractivity contribution in [3.8, 4) is 0 Å². The van der Waals surface area contributed by atoms with Crippen LogP contribution in [0.5, 0.6) is 0 Å². The third-order valence-electron chi connectivity index (χ3n) is 2.89. The Morgan fingerprint density at radius 1 is 1.33 bits per heavy atom. The van der Waals surface area contributed by atoms with Crippen LogP contribution in [0.1, 0.15) is 33.6 Å². The number of likely N-dealkylation sites (tertiary alicyclic amines) is 1. The van der Waals surface area contributed by atoms with Crippen LogP contribution in [-0.4, -0.2) is 55.2 Å². The zero-order chi connectivity index (χ0) is 16.1. The fraction of sp³-hybridized carbons (Fsp3) is 0.923. The van der Waals surface area contributed by atoms with Crippen molar-refractivity contribution in [1.82, 2.24) is 10.2 Å². The van der Waals surface area contributed by atoms with Crippen molar-refractivity contribution in [2.45, 2.75) is 51.6 Å². The molecule has 0 radical (unpaired) electrons. The highest BCUT2D eigenvalue weighted by Crippen LogP contribution is 2.17. The van der Waals surface area contributed by atoms with Gasteiger partial charge in [0.25, 0.3) is 0 Å². The van der Waals surface area contributed by atoms with E-state index in [9.17, 15) is 18.0 Å². The zero-order valence-corrected chi connectivity index (χ0v) is 12.6. The lowest BCUT2D eigenvalue weighted by Crippen LogP contribution is -2.46. The van der Waals surface area contributed by atoms with Crippen LogP contribution in [0.2, 0.25) is 0 Å². The molecule has 124 valence electrons. The fourth-order valence-corrected chi connectivity index (χ4v) is 2.09. The molecule has 0 saturated carbocycles. The summed E-state index contributed by atoms with van der Waals surface area (Å²) in [5, 5.41) is 2.69. The lowest BCUT2D eigenvalue weighted by molar-refractivity contribution is -0.325. The van der Waals surface area contributed by atoms with Crippen LogP contribution in [0.3, 0.4) is 0 Å². The molecule has 0 aromatic rings. The summed E-state index contributed by atoms with van der Waals surface area (Å²) < 4.78 is 44.7. The first-order valence-electron chi connectivity index (χ1n) is 6.97. The highest BCUT2D eigenvalue weighted by Gasteiger charge is 2.30. The van der Waals surface area contributed by atoms with Gasteiger partial charge in [-0.25, -0.2) is 4.79 Å². The Balaban J connectivity index is 2.30. The maximum atomic E-state index is 11.9. The molecule has 5 nitrogen and oxygen atoms in total. The van der Waals surface area contributed by atoms with E-state index in [0.717, 1.165) is 6.42 Å². The number of halogens is 3. The van der Waals surface area contributed by atoms with Crippen LogP contribution in [0.25, 0.3) is 0 Å². The third kappa shape index (κ3) is 8.77. The standard InChI is InChI=1S/C13H23F3N2O3/c1-12(2,3)17-11(19)21-10-5-4-6-18(9-10)7-8-20-13(14,15)16/h10H,4-9H2,1-3H3,(H,17,19)/t10-/m1/s1. The van der Waals surface area contributed by atoms with Gasteiger partial charge in [-0.3, -0.25) is 9.64 Å². The minimum atomic E-state index is -4.60. The predicted molar refractivity (Wildman–Crippen MR) is 70.8 cm³/mol. The van der Waals surface area contributed by atoms with Crippen molar-refractivity contribution in [3.63, 3.8) is 0 Å². The van der Waals surface area contributed by atoms with E-state index >= 15 is 0 Å². The van der Waals surface area contributed by atoms with E-state index in [1.54, 1.807) is 0 Å². The van der Waals surface area contributed by atoms with Gasteiger partial charge in [0.2, 0.25) is 0 Å². The van der Waals surface area contributed by atoms with Gasteiger partial charge >= 0.3 is 12.5 Å². The van der Waals surface area contributed by atoms with Crippen LogP contribution in [-0.2, 0) is 9.47 Å². The summed E-state index contributed by atoms with van der Waals surface area (Å²) >= 11 is 0. The number of nitrogens with one attached hydrogen (secondary N) is 1. The van der Waals surface area contributed by atoms with Crippen molar-refractivity contribution in [2.24, 2.45) is 0 Å². The van der Waals surface area contributed by atoms with Crippen LogP contribution < -0.4 is 5.32 Å². The van der Waals surface area contributed by atoms with Gasteiger partial charge in [-0.1, -0.05) is 0 Å². The van der Waals surface area contributed by atoms with Crippen LogP contribution in [0.4, 0.5) is 18.0 Å². The van der Waals surface area contributed by atoms with Crippen LogP contribution >= 0.6 is 0 Å². The lowest BCUT2D eigenvalue weighted by atomic mass is 10.1. The second kappa shape index (κ2) is 7.31. The Hall–Kier alpha value is -1.02. The molecule has 1 aliphatic rings. The van der Waals surface area contributed by atoms with E-state index in [1.165, 1.54) is 0 Å². The number of hydrogen-bond donors (Lipinski definition) is 1. The second-order valence-electron chi connectivity index (χ2n) is 6.14. The van der Waals surface area contributed by atoms with Gasteiger partial charge in [0, 0.05) is 18.6 Å². The molecule has 1 N–H and O–H groups in total. The maximum absolute atomic E-state index is 11.9. The number of carbonyl (C=O) groups is 1. The highest BCUT2D eigenvalue weighted by molar-refractivity contribution is 5.68. The van der Waals surface area contributed by atoms with Gasteiger partial charge in [0.1, 0.15) is 6.10 Å². The molecular weight excluding hydrogens is 289 g/mol. The predicted octanol–water partition coefficient (Wildman–Crippen LogP) is 2.51. The zero-order valence-electron chi connectivity index (χ0n) is 12.6. The van der Waals surface area contributed by atoms with Gasteiger partial charge in [-0.05, 0) is 40.2 Å².